The second kappa shape index (κ2) is 6.10. The van der Waals surface area contributed by atoms with Crippen molar-refractivity contribution in [3.8, 4) is 0 Å². The molecule has 1 heterocycles. The predicted molar refractivity (Wildman–Crippen MR) is 73.8 cm³/mol. The van der Waals surface area contributed by atoms with Crippen LogP contribution in [0, 0.1) is 0 Å². The van der Waals surface area contributed by atoms with Crippen molar-refractivity contribution in [3.63, 3.8) is 0 Å². The fourth-order valence-corrected chi connectivity index (χ4v) is 3.01. The number of ether oxygens (including phenoxy) is 1. The highest BCUT2D eigenvalue weighted by atomic mass is 32.2. The molecule has 2 rings (SSSR count). The Bertz CT molecular complexity index is 460. The monoisotopic (exact) mass is 301 g/mol. The van der Waals surface area contributed by atoms with Crippen molar-refractivity contribution >= 4 is 17.7 Å². The first-order valence-corrected chi connectivity index (χ1v) is 7.27. The molecule has 0 radical (unpaired) electrons. The predicted octanol–water partition coefficient (Wildman–Crippen LogP) is 3.01. The van der Waals surface area contributed by atoms with Gasteiger partial charge in [0.1, 0.15) is 0 Å². The molecule has 1 aliphatic heterocycles. The molecule has 0 saturated carbocycles. The average molecular weight is 301 g/mol. The molecule has 0 spiro atoms. The smallest absolute Gasteiger partial charge is 0.372 e. The van der Waals surface area contributed by atoms with Crippen LogP contribution in [0.1, 0.15) is 13.8 Å². The molecule has 1 aromatic carbocycles. The highest BCUT2D eigenvalue weighted by Gasteiger charge is 2.45. The Labute approximate surface area is 121 Å². The lowest BCUT2D eigenvalue weighted by atomic mass is 10.2. The molecular formula is C14H17F2NO2S. The van der Waals surface area contributed by atoms with Crippen molar-refractivity contribution < 1.29 is 18.3 Å². The number of carbonyl (C=O) groups excluding carboxylic acids is 1. The van der Waals surface area contributed by atoms with Crippen molar-refractivity contribution in [1.82, 2.24) is 4.90 Å². The molecule has 0 N–H and O–H groups in total. The molecule has 0 bridgehead atoms. The van der Waals surface area contributed by atoms with E-state index in [0.717, 1.165) is 0 Å². The van der Waals surface area contributed by atoms with Gasteiger partial charge < -0.3 is 9.64 Å². The maximum Gasteiger partial charge on any atom is 0.375 e. The second-order valence-electron chi connectivity index (χ2n) is 4.90. The Balaban J connectivity index is 2.06. The molecule has 1 aliphatic rings. The quantitative estimate of drug-likeness (QED) is 0.804. The number of carbonyl (C=O) groups is 1. The third kappa shape index (κ3) is 3.70. The highest BCUT2D eigenvalue weighted by molar-refractivity contribution is 8.01. The summed E-state index contributed by atoms with van der Waals surface area (Å²) >= 11 is 0.285. The number of hydrogen-bond donors (Lipinski definition) is 0. The summed E-state index contributed by atoms with van der Waals surface area (Å²) in [6.07, 6.45) is -0.444. The van der Waals surface area contributed by atoms with Crippen LogP contribution in [0.2, 0.25) is 0 Å². The van der Waals surface area contributed by atoms with Gasteiger partial charge in [0.25, 0.3) is 0 Å². The third-order valence-corrected chi connectivity index (χ3v) is 3.88. The van der Waals surface area contributed by atoms with Crippen LogP contribution in [-0.4, -0.2) is 41.4 Å². The molecule has 3 nitrogen and oxygen atoms in total. The summed E-state index contributed by atoms with van der Waals surface area (Å²) in [5, 5.41) is -3.46. The van der Waals surface area contributed by atoms with E-state index in [4.69, 9.17) is 4.74 Å². The van der Waals surface area contributed by atoms with Gasteiger partial charge in [-0.1, -0.05) is 18.2 Å². The number of alkyl halides is 2. The van der Waals surface area contributed by atoms with Crippen LogP contribution < -0.4 is 0 Å². The zero-order valence-electron chi connectivity index (χ0n) is 11.4. The zero-order valence-corrected chi connectivity index (χ0v) is 12.2. The minimum atomic E-state index is -3.46. The lowest BCUT2D eigenvalue weighted by molar-refractivity contribution is -0.157. The number of hydrogen-bond acceptors (Lipinski definition) is 3. The first-order valence-electron chi connectivity index (χ1n) is 6.45. The fourth-order valence-electron chi connectivity index (χ4n) is 2.21. The average Bonchev–Trinajstić information content (AvgIpc) is 2.37. The molecule has 0 aliphatic carbocycles. The number of benzene rings is 1. The first-order chi connectivity index (χ1) is 9.38. The van der Waals surface area contributed by atoms with Crippen LogP contribution in [0.3, 0.4) is 0 Å². The van der Waals surface area contributed by atoms with Gasteiger partial charge in [0.05, 0.1) is 12.2 Å². The summed E-state index contributed by atoms with van der Waals surface area (Å²) in [5.41, 5.74) is 0. The van der Waals surface area contributed by atoms with Crippen molar-refractivity contribution in [3.05, 3.63) is 30.3 Å². The summed E-state index contributed by atoms with van der Waals surface area (Å²) in [7, 11) is 0. The summed E-state index contributed by atoms with van der Waals surface area (Å²) in [6.45, 7) is 3.96. The minimum absolute atomic E-state index is 0.202. The van der Waals surface area contributed by atoms with Gasteiger partial charge in [-0.25, -0.2) is 0 Å². The zero-order chi connectivity index (χ0) is 14.8. The molecule has 110 valence electrons. The van der Waals surface area contributed by atoms with Gasteiger partial charge >= 0.3 is 11.2 Å². The van der Waals surface area contributed by atoms with Crippen molar-refractivity contribution in [1.29, 1.82) is 0 Å². The standard InChI is InChI=1S/C14H17F2NO2S/c1-10-8-17(9-11(2)19-10)13(18)14(15,16)20-12-6-4-3-5-7-12/h3-7,10-11H,8-9H2,1-2H3/t10-,11+. The van der Waals surface area contributed by atoms with E-state index in [-0.39, 0.29) is 37.1 Å². The number of rotatable bonds is 3. The first kappa shape index (κ1) is 15.3. The Hall–Kier alpha value is -1.14. The van der Waals surface area contributed by atoms with Gasteiger partial charge in [-0.3, -0.25) is 4.79 Å². The molecule has 0 aromatic heterocycles. The van der Waals surface area contributed by atoms with E-state index in [9.17, 15) is 13.6 Å². The maximum atomic E-state index is 14.1. The van der Waals surface area contributed by atoms with Crippen LogP contribution in [0.5, 0.6) is 0 Å². The molecule has 1 amide bonds. The number of amides is 1. The highest BCUT2D eigenvalue weighted by Crippen LogP contribution is 2.37. The molecule has 6 heteroatoms. The summed E-state index contributed by atoms with van der Waals surface area (Å²) in [4.78, 5) is 13.6. The largest absolute Gasteiger partial charge is 0.375 e. The van der Waals surface area contributed by atoms with E-state index in [1.165, 1.54) is 4.90 Å². The third-order valence-electron chi connectivity index (χ3n) is 2.95. The van der Waals surface area contributed by atoms with E-state index in [0.29, 0.717) is 4.90 Å². The maximum absolute atomic E-state index is 14.1. The number of thioether (sulfide) groups is 1. The minimum Gasteiger partial charge on any atom is -0.372 e. The molecule has 1 saturated heterocycles. The van der Waals surface area contributed by atoms with Crippen LogP contribution in [0.25, 0.3) is 0 Å². The van der Waals surface area contributed by atoms with E-state index in [1.807, 2.05) is 0 Å². The summed E-state index contributed by atoms with van der Waals surface area (Å²) in [5.74, 6) is -1.15. The van der Waals surface area contributed by atoms with Gasteiger partial charge in [-0.05, 0) is 37.7 Å². The Morgan fingerprint density at radius 3 is 2.35 bits per heavy atom. The Morgan fingerprint density at radius 2 is 1.80 bits per heavy atom. The van der Waals surface area contributed by atoms with Crippen molar-refractivity contribution in [2.45, 2.75) is 36.2 Å². The molecule has 2 atom stereocenters. The SMILES string of the molecule is C[C@@H]1CN(C(=O)C(F)(F)Sc2ccccc2)C[C@H](C)O1. The Morgan fingerprint density at radius 1 is 1.25 bits per heavy atom. The molecule has 20 heavy (non-hydrogen) atoms. The fraction of sp³-hybridized carbons (Fsp3) is 0.500. The van der Waals surface area contributed by atoms with Crippen LogP contribution in [-0.2, 0) is 9.53 Å². The second-order valence-corrected chi connectivity index (χ2v) is 6.09. The van der Waals surface area contributed by atoms with Crippen LogP contribution in [0.15, 0.2) is 35.2 Å². The number of nitrogens with zero attached hydrogens (tertiary/aromatic N) is 1. The summed E-state index contributed by atoms with van der Waals surface area (Å²) in [6, 6.07) is 8.21. The van der Waals surface area contributed by atoms with Gasteiger partial charge in [0, 0.05) is 18.0 Å². The van der Waals surface area contributed by atoms with Gasteiger partial charge in [-0.15, -0.1) is 0 Å². The van der Waals surface area contributed by atoms with Crippen molar-refractivity contribution in [2.75, 3.05) is 13.1 Å². The van der Waals surface area contributed by atoms with Gasteiger partial charge in [0.15, 0.2) is 0 Å². The van der Waals surface area contributed by atoms with E-state index in [2.05, 4.69) is 0 Å². The van der Waals surface area contributed by atoms with Crippen LogP contribution in [0.4, 0.5) is 8.78 Å². The van der Waals surface area contributed by atoms with E-state index < -0.39 is 11.2 Å². The molecular weight excluding hydrogens is 284 g/mol. The lowest BCUT2D eigenvalue weighted by Gasteiger charge is -2.36. The van der Waals surface area contributed by atoms with Gasteiger partial charge in [-0.2, -0.15) is 8.78 Å². The van der Waals surface area contributed by atoms with E-state index >= 15 is 0 Å². The number of halogens is 2. The van der Waals surface area contributed by atoms with E-state index in [1.54, 1.807) is 44.2 Å². The topological polar surface area (TPSA) is 29.5 Å². The lowest BCUT2D eigenvalue weighted by Crippen LogP contribution is -2.52. The number of morpholine rings is 1. The Kier molecular flexibility index (Phi) is 4.65. The molecule has 1 fully saturated rings. The summed E-state index contributed by atoms with van der Waals surface area (Å²) < 4.78 is 33.6. The van der Waals surface area contributed by atoms with Crippen LogP contribution >= 0.6 is 11.8 Å². The van der Waals surface area contributed by atoms with Crippen molar-refractivity contribution in [2.24, 2.45) is 0 Å². The normalized spacial score (nSPS) is 23.7. The van der Waals surface area contributed by atoms with Gasteiger partial charge in [0.2, 0.25) is 0 Å². The molecule has 1 aromatic rings. The molecule has 0 unspecified atom stereocenters.